The van der Waals surface area contributed by atoms with Gasteiger partial charge in [-0.2, -0.15) is 0 Å². The number of aliphatic imine (C=N–C) groups is 1. The molecule has 3 heterocycles. The average Bonchev–Trinajstić information content (AvgIpc) is 3.10. The van der Waals surface area contributed by atoms with E-state index < -0.39 is 5.97 Å². The van der Waals surface area contributed by atoms with Gasteiger partial charge in [-0.25, -0.2) is 19.8 Å². The van der Waals surface area contributed by atoms with E-state index in [1.807, 2.05) is 6.07 Å². The predicted octanol–water partition coefficient (Wildman–Crippen LogP) is 3.34. The van der Waals surface area contributed by atoms with Gasteiger partial charge in [0.2, 0.25) is 5.88 Å². The quantitative estimate of drug-likeness (QED) is 0.624. The fourth-order valence-electron chi connectivity index (χ4n) is 2.39. The topological polar surface area (TPSA) is 100 Å². The first-order valence-electron chi connectivity index (χ1n) is 7.69. The SMILES string of the molecule is C.CCOC(=O)c1c(NN(C)C)oc(C=C2C=Nc3ncccc32)c1O. The molecule has 138 valence electrons. The molecule has 8 nitrogen and oxygen atoms in total. The van der Waals surface area contributed by atoms with Crippen molar-refractivity contribution < 1.29 is 19.1 Å². The van der Waals surface area contributed by atoms with Crippen molar-refractivity contribution in [2.75, 3.05) is 26.1 Å². The third-order valence-corrected chi connectivity index (χ3v) is 3.42. The number of nitrogens with zero attached hydrogens (tertiary/aromatic N) is 3. The second kappa shape index (κ2) is 7.83. The Balaban J connectivity index is 0.00000243. The lowest BCUT2D eigenvalue weighted by Crippen LogP contribution is -2.21. The molecular formula is C18H22N4O4. The minimum absolute atomic E-state index is 0. The average molecular weight is 358 g/mol. The summed E-state index contributed by atoms with van der Waals surface area (Å²) in [6.45, 7) is 1.88. The summed E-state index contributed by atoms with van der Waals surface area (Å²) in [6.07, 6.45) is 4.89. The van der Waals surface area contributed by atoms with E-state index in [-0.39, 0.29) is 37.0 Å². The summed E-state index contributed by atoms with van der Waals surface area (Å²) in [5.41, 5.74) is 4.34. The zero-order chi connectivity index (χ0) is 18.0. The smallest absolute Gasteiger partial charge is 0.347 e. The van der Waals surface area contributed by atoms with Gasteiger partial charge in [0.05, 0.1) is 6.61 Å². The normalized spacial score (nSPS) is 13.6. The van der Waals surface area contributed by atoms with Crippen LogP contribution in [-0.2, 0) is 4.74 Å². The zero-order valence-electron chi connectivity index (χ0n) is 14.1. The summed E-state index contributed by atoms with van der Waals surface area (Å²) in [5.74, 6) is -0.127. The number of anilines is 1. The molecule has 1 aliphatic rings. The second-order valence-corrected chi connectivity index (χ2v) is 5.48. The van der Waals surface area contributed by atoms with Crippen LogP contribution in [0.15, 0.2) is 27.7 Å². The lowest BCUT2D eigenvalue weighted by Gasteiger charge is -2.11. The summed E-state index contributed by atoms with van der Waals surface area (Å²) < 4.78 is 10.6. The van der Waals surface area contributed by atoms with Gasteiger partial charge in [-0.3, -0.25) is 5.43 Å². The van der Waals surface area contributed by atoms with E-state index >= 15 is 0 Å². The molecule has 2 aromatic rings. The van der Waals surface area contributed by atoms with Crippen LogP contribution >= 0.6 is 0 Å². The number of hydrogen-bond donors (Lipinski definition) is 2. The van der Waals surface area contributed by atoms with E-state index in [4.69, 9.17) is 9.15 Å². The molecule has 0 radical (unpaired) electrons. The van der Waals surface area contributed by atoms with Gasteiger partial charge in [-0.1, -0.05) is 7.43 Å². The molecule has 0 spiro atoms. The summed E-state index contributed by atoms with van der Waals surface area (Å²) >= 11 is 0. The molecule has 2 N–H and O–H groups in total. The number of hydrogen-bond acceptors (Lipinski definition) is 8. The Kier molecular flexibility index (Phi) is 5.78. The number of ether oxygens (including phenoxy) is 1. The predicted molar refractivity (Wildman–Crippen MR) is 101 cm³/mol. The number of allylic oxidation sites excluding steroid dienone is 1. The van der Waals surface area contributed by atoms with Crippen LogP contribution in [0.25, 0.3) is 11.6 Å². The van der Waals surface area contributed by atoms with Crippen LogP contribution in [0.5, 0.6) is 5.75 Å². The highest BCUT2D eigenvalue weighted by Crippen LogP contribution is 2.38. The van der Waals surface area contributed by atoms with Crippen molar-refractivity contribution in [3.8, 4) is 5.75 Å². The summed E-state index contributed by atoms with van der Waals surface area (Å²) in [4.78, 5) is 20.5. The molecule has 26 heavy (non-hydrogen) atoms. The van der Waals surface area contributed by atoms with Crippen LogP contribution in [0, 0.1) is 0 Å². The highest BCUT2D eigenvalue weighted by Gasteiger charge is 2.27. The van der Waals surface area contributed by atoms with Crippen LogP contribution in [0.2, 0.25) is 0 Å². The molecule has 0 aliphatic carbocycles. The number of carbonyl (C=O) groups excluding carboxylic acids is 1. The number of aromatic hydroxyl groups is 1. The van der Waals surface area contributed by atoms with Gasteiger partial charge in [0.1, 0.15) is 0 Å². The number of furan rings is 1. The number of rotatable bonds is 5. The van der Waals surface area contributed by atoms with Crippen molar-refractivity contribution in [2.45, 2.75) is 14.4 Å². The number of pyridine rings is 1. The van der Waals surface area contributed by atoms with Crippen LogP contribution in [-0.4, -0.2) is 48.0 Å². The fraction of sp³-hybridized carbons (Fsp3) is 0.278. The number of esters is 1. The molecule has 1 aliphatic heterocycles. The van der Waals surface area contributed by atoms with Crippen molar-refractivity contribution in [3.63, 3.8) is 0 Å². The number of aromatic nitrogens is 1. The van der Waals surface area contributed by atoms with E-state index in [0.29, 0.717) is 5.82 Å². The summed E-state index contributed by atoms with van der Waals surface area (Å²) in [7, 11) is 3.47. The Morgan fingerprint density at radius 1 is 1.46 bits per heavy atom. The van der Waals surface area contributed by atoms with Crippen molar-refractivity contribution in [2.24, 2.45) is 4.99 Å². The van der Waals surface area contributed by atoms with Crippen LogP contribution in [0.4, 0.5) is 11.7 Å². The minimum Gasteiger partial charge on any atom is -0.504 e. The van der Waals surface area contributed by atoms with Crippen molar-refractivity contribution in [1.29, 1.82) is 0 Å². The zero-order valence-corrected chi connectivity index (χ0v) is 14.1. The number of hydrazine groups is 1. The van der Waals surface area contributed by atoms with Crippen LogP contribution in [0.3, 0.4) is 0 Å². The number of fused-ring (bicyclic) bond motifs is 1. The largest absolute Gasteiger partial charge is 0.504 e. The van der Waals surface area contributed by atoms with Gasteiger partial charge >= 0.3 is 5.97 Å². The Morgan fingerprint density at radius 3 is 2.92 bits per heavy atom. The fourth-order valence-corrected chi connectivity index (χ4v) is 2.39. The molecule has 0 atom stereocenters. The van der Waals surface area contributed by atoms with Crippen molar-refractivity contribution >= 4 is 35.5 Å². The Labute approximate surface area is 151 Å². The second-order valence-electron chi connectivity index (χ2n) is 5.48. The van der Waals surface area contributed by atoms with E-state index in [1.165, 1.54) is 0 Å². The summed E-state index contributed by atoms with van der Waals surface area (Å²) in [6, 6.07) is 3.67. The van der Waals surface area contributed by atoms with Gasteiger partial charge in [0.15, 0.2) is 22.9 Å². The molecule has 0 bridgehead atoms. The highest BCUT2D eigenvalue weighted by atomic mass is 16.5. The number of carbonyl (C=O) groups is 1. The molecule has 0 saturated carbocycles. The van der Waals surface area contributed by atoms with Crippen LogP contribution < -0.4 is 5.43 Å². The van der Waals surface area contributed by atoms with Crippen molar-refractivity contribution in [1.82, 2.24) is 9.99 Å². The molecule has 0 fully saturated rings. The maximum Gasteiger partial charge on any atom is 0.347 e. The molecular weight excluding hydrogens is 336 g/mol. The van der Waals surface area contributed by atoms with Gasteiger partial charge in [0, 0.05) is 37.6 Å². The van der Waals surface area contributed by atoms with Gasteiger partial charge < -0.3 is 14.3 Å². The monoisotopic (exact) mass is 358 g/mol. The number of nitrogens with one attached hydrogen (secondary N) is 1. The Bertz CT molecular complexity index is 868. The van der Waals surface area contributed by atoms with E-state index in [9.17, 15) is 9.90 Å². The third kappa shape index (κ3) is 3.60. The first-order chi connectivity index (χ1) is 12.0. The Hall–Kier alpha value is -3.13. The lowest BCUT2D eigenvalue weighted by molar-refractivity contribution is 0.0524. The molecule has 2 aromatic heterocycles. The maximum absolute atomic E-state index is 12.2. The molecule has 0 aromatic carbocycles. The van der Waals surface area contributed by atoms with Gasteiger partial charge in [-0.15, -0.1) is 0 Å². The first kappa shape index (κ1) is 19.2. The first-order valence-corrected chi connectivity index (χ1v) is 7.69. The van der Waals surface area contributed by atoms with Crippen molar-refractivity contribution in [3.05, 3.63) is 35.2 Å². The third-order valence-electron chi connectivity index (χ3n) is 3.42. The maximum atomic E-state index is 12.2. The van der Waals surface area contributed by atoms with E-state index in [1.54, 1.807) is 50.6 Å². The van der Waals surface area contributed by atoms with Gasteiger partial charge in [-0.05, 0) is 25.1 Å². The highest BCUT2D eigenvalue weighted by molar-refractivity contribution is 6.21. The molecule has 8 heteroatoms. The standard InChI is InChI=1S/C17H18N4O4.CH4/c1-4-24-17(23)13-14(22)12(25-16(13)20-21(2)3)8-10-9-19-15-11(10)6-5-7-18-15;/h5-9,20,22H,4H2,1-3H3;1H4. The minimum atomic E-state index is -0.667. The van der Waals surface area contributed by atoms with Gasteiger partial charge in [0.25, 0.3) is 0 Å². The summed E-state index contributed by atoms with van der Waals surface area (Å²) in [5, 5.41) is 12.1. The van der Waals surface area contributed by atoms with E-state index in [2.05, 4.69) is 15.4 Å². The van der Waals surface area contributed by atoms with Crippen LogP contribution in [0.1, 0.15) is 36.0 Å². The van der Waals surface area contributed by atoms with E-state index in [0.717, 1.165) is 11.1 Å². The molecule has 0 unspecified atom stereocenters. The molecule has 0 saturated heterocycles. The molecule has 0 amide bonds. The molecule has 3 rings (SSSR count). The lowest BCUT2D eigenvalue weighted by atomic mass is 10.1. The Morgan fingerprint density at radius 2 is 2.23 bits per heavy atom.